The minimum absolute atomic E-state index is 0.0179. The summed E-state index contributed by atoms with van der Waals surface area (Å²) in [6, 6.07) is 11.7. The average Bonchev–Trinajstić information content (AvgIpc) is 3.11. The van der Waals surface area contributed by atoms with Crippen molar-refractivity contribution in [3.8, 4) is 11.1 Å². The maximum Gasteiger partial charge on any atom is 0.274 e. The maximum absolute atomic E-state index is 12.6. The van der Waals surface area contributed by atoms with Gasteiger partial charge in [0, 0.05) is 25.5 Å². The third-order valence-electron chi connectivity index (χ3n) is 4.46. The monoisotopic (exact) mass is 333 g/mol. The summed E-state index contributed by atoms with van der Waals surface area (Å²) < 4.78 is 1.88. The van der Waals surface area contributed by atoms with E-state index in [0.717, 1.165) is 35.3 Å². The van der Waals surface area contributed by atoms with Crippen LogP contribution in [0.5, 0.6) is 0 Å². The largest absolute Gasteiger partial charge is 0.392 e. The molecule has 0 saturated heterocycles. The quantitative estimate of drug-likeness (QED) is 0.750. The summed E-state index contributed by atoms with van der Waals surface area (Å²) in [5.74, 6) is -0.0307. The Balaban J connectivity index is 1.67. The lowest BCUT2D eigenvalue weighted by Crippen LogP contribution is -2.33. The molecular weight excluding hydrogens is 314 g/mol. The van der Waals surface area contributed by atoms with Gasteiger partial charge in [0.2, 0.25) is 0 Å². The van der Waals surface area contributed by atoms with Crippen molar-refractivity contribution in [3.05, 3.63) is 72.2 Å². The third kappa shape index (κ3) is 3.06. The zero-order valence-corrected chi connectivity index (χ0v) is 13.8. The molecule has 4 rings (SSSR count). The first-order valence-electron chi connectivity index (χ1n) is 8.38. The molecule has 0 radical (unpaired) electrons. The van der Waals surface area contributed by atoms with Crippen molar-refractivity contribution in [2.45, 2.75) is 13.0 Å². The van der Waals surface area contributed by atoms with Crippen molar-refractivity contribution in [1.82, 2.24) is 14.3 Å². The molecule has 2 aromatic heterocycles. The van der Waals surface area contributed by atoms with E-state index in [9.17, 15) is 9.90 Å². The molecule has 1 aliphatic heterocycles. The molecule has 0 aliphatic carbocycles. The average molecular weight is 333 g/mol. The van der Waals surface area contributed by atoms with E-state index in [0.29, 0.717) is 12.2 Å². The Bertz CT molecular complexity index is 958. The molecular formula is C20H19N3O2. The number of imidazole rings is 1. The van der Waals surface area contributed by atoms with Gasteiger partial charge in [0.05, 0.1) is 6.61 Å². The summed E-state index contributed by atoms with van der Waals surface area (Å²) in [7, 11) is 0. The lowest BCUT2D eigenvalue weighted by atomic mass is 10.1. The molecule has 5 nitrogen and oxygen atoms in total. The minimum atomic E-state index is -0.0307. The molecule has 1 aromatic carbocycles. The highest BCUT2D eigenvalue weighted by Crippen LogP contribution is 2.22. The molecule has 0 unspecified atom stereocenters. The van der Waals surface area contributed by atoms with Gasteiger partial charge in [-0.2, -0.15) is 0 Å². The van der Waals surface area contributed by atoms with Crippen LogP contribution in [0.25, 0.3) is 16.8 Å². The van der Waals surface area contributed by atoms with Crippen LogP contribution < -0.4 is 0 Å². The van der Waals surface area contributed by atoms with Gasteiger partial charge in [-0.1, -0.05) is 30.4 Å². The first-order chi connectivity index (χ1) is 12.2. The lowest BCUT2D eigenvalue weighted by molar-refractivity contribution is 0.0766. The SMILES string of the molecule is O=C(c1cn2cc(-c3cccc(CO)c3)ccc2n1)N1CC=CCC1. The molecule has 1 N–H and O–H groups in total. The number of rotatable bonds is 3. The molecule has 1 aliphatic rings. The van der Waals surface area contributed by atoms with Gasteiger partial charge in [0.15, 0.2) is 0 Å². The van der Waals surface area contributed by atoms with Gasteiger partial charge in [0.25, 0.3) is 5.91 Å². The zero-order valence-electron chi connectivity index (χ0n) is 13.8. The van der Waals surface area contributed by atoms with Crippen LogP contribution in [0.3, 0.4) is 0 Å². The molecule has 1 amide bonds. The van der Waals surface area contributed by atoms with Crippen LogP contribution >= 0.6 is 0 Å². The first kappa shape index (κ1) is 15.6. The van der Waals surface area contributed by atoms with Crippen molar-refractivity contribution >= 4 is 11.6 Å². The van der Waals surface area contributed by atoms with Crippen molar-refractivity contribution in [1.29, 1.82) is 0 Å². The summed E-state index contributed by atoms with van der Waals surface area (Å²) in [6.07, 6.45) is 8.76. The molecule has 0 atom stereocenters. The second-order valence-corrected chi connectivity index (χ2v) is 6.18. The predicted molar refractivity (Wildman–Crippen MR) is 96.2 cm³/mol. The minimum Gasteiger partial charge on any atom is -0.392 e. The van der Waals surface area contributed by atoms with Crippen molar-refractivity contribution in [2.75, 3.05) is 13.1 Å². The Kier molecular flexibility index (Phi) is 4.07. The van der Waals surface area contributed by atoms with Crippen LogP contribution in [0, 0.1) is 0 Å². The Morgan fingerprint density at radius 1 is 1.12 bits per heavy atom. The molecule has 25 heavy (non-hydrogen) atoms. The fraction of sp³-hybridized carbons (Fsp3) is 0.200. The van der Waals surface area contributed by atoms with E-state index >= 15 is 0 Å². The number of fused-ring (bicyclic) bond motifs is 1. The number of hydrogen-bond donors (Lipinski definition) is 1. The van der Waals surface area contributed by atoms with Crippen LogP contribution in [0.1, 0.15) is 22.5 Å². The van der Waals surface area contributed by atoms with Gasteiger partial charge >= 0.3 is 0 Å². The summed E-state index contributed by atoms with van der Waals surface area (Å²) in [5.41, 5.74) is 4.13. The number of benzene rings is 1. The van der Waals surface area contributed by atoms with Gasteiger partial charge in [-0.15, -0.1) is 0 Å². The zero-order chi connectivity index (χ0) is 17.2. The highest BCUT2D eigenvalue weighted by molar-refractivity contribution is 5.93. The molecule has 3 aromatic rings. The van der Waals surface area contributed by atoms with Crippen LogP contribution in [-0.4, -0.2) is 38.4 Å². The lowest BCUT2D eigenvalue weighted by Gasteiger charge is -2.22. The third-order valence-corrected chi connectivity index (χ3v) is 4.46. The summed E-state index contributed by atoms with van der Waals surface area (Å²) in [5, 5.41) is 9.31. The van der Waals surface area contributed by atoms with Crippen molar-refractivity contribution < 1.29 is 9.90 Å². The number of aliphatic hydroxyl groups is 1. The summed E-state index contributed by atoms with van der Waals surface area (Å²) in [6.45, 7) is 1.40. The number of nitrogens with zero attached hydrogens (tertiary/aromatic N) is 3. The smallest absolute Gasteiger partial charge is 0.274 e. The van der Waals surface area contributed by atoms with E-state index in [1.807, 2.05) is 58.0 Å². The second kappa shape index (κ2) is 6.53. The number of carbonyl (C=O) groups is 1. The van der Waals surface area contributed by atoms with E-state index in [4.69, 9.17) is 0 Å². The molecule has 126 valence electrons. The van der Waals surface area contributed by atoms with E-state index in [2.05, 4.69) is 11.1 Å². The molecule has 5 heteroatoms. The van der Waals surface area contributed by atoms with Crippen molar-refractivity contribution in [3.63, 3.8) is 0 Å². The van der Waals surface area contributed by atoms with Gasteiger partial charge in [-0.05, 0) is 41.3 Å². The molecule has 0 spiro atoms. The highest BCUT2D eigenvalue weighted by Gasteiger charge is 2.19. The number of aromatic nitrogens is 2. The number of amides is 1. The summed E-state index contributed by atoms with van der Waals surface area (Å²) >= 11 is 0. The van der Waals surface area contributed by atoms with Gasteiger partial charge in [-0.3, -0.25) is 4.79 Å². The number of pyridine rings is 1. The highest BCUT2D eigenvalue weighted by atomic mass is 16.3. The Hall–Kier alpha value is -2.92. The van der Waals surface area contributed by atoms with E-state index in [-0.39, 0.29) is 12.5 Å². The fourth-order valence-corrected chi connectivity index (χ4v) is 3.10. The number of carbonyl (C=O) groups excluding carboxylic acids is 1. The fourth-order valence-electron chi connectivity index (χ4n) is 3.10. The van der Waals surface area contributed by atoms with E-state index in [1.165, 1.54) is 0 Å². The topological polar surface area (TPSA) is 57.8 Å². The second-order valence-electron chi connectivity index (χ2n) is 6.18. The van der Waals surface area contributed by atoms with Gasteiger partial charge in [0.1, 0.15) is 11.3 Å². The Morgan fingerprint density at radius 3 is 2.84 bits per heavy atom. The predicted octanol–water partition coefficient (Wildman–Crippen LogP) is 2.90. The maximum atomic E-state index is 12.6. The van der Waals surface area contributed by atoms with Crippen LogP contribution in [0.4, 0.5) is 0 Å². The van der Waals surface area contributed by atoms with Crippen LogP contribution in [0.2, 0.25) is 0 Å². The number of aliphatic hydroxyl groups excluding tert-OH is 1. The Labute approximate surface area is 145 Å². The first-order valence-corrected chi connectivity index (χ1v) is 8.38. The van der Waals surface area contributed by atoms with Crippen molar-refractivity contribution in [2.24, 2.45) is 0 Å². The van der Waals surface area contributed by atoms with Crippen LogP contribution in [-0.2, 0) is 6.61 Å². The normalized spacial score (nSPS) is 14.2. The molecule has 3 heterocycles. The van der Waals surface area contributed by atoms with Crippen LogP contribution in [0.15, 0.2) is 60.9 Å². The number of hydrogen-bond acceptors (Lipinski definition) is 3. The van der Waals surface area contributed by atoms with E-state index in [1.54, 1.807) is 6.20 Å². The van der Waals surface area contributed by atoms with Gasteiger partial charge in [-0.25, -0.2) is 4.98 Å². The molecule has 0 fully saturated rings. The standard InChI is InChI=1S/C20H19N3O2/c24-14-15-5-4-6-16(11-15)17-7-8-19-21-18(13-23(19)12-17)20(25)22-9-2-1-3-10-22/h1-2,4-8,11-13,24H,3,9-10,14H2. The molecule has 0 saturated carbocycles. The van der Waals surface area contributed by atoms with Gasteiger partial charge < -0.3 is 14.4 Å². The Morgan fingerprint density at radius 2 is 2.04 bits per heavy atom. The summed E-state index contributed by atoms with van der Waals surface area (Å²) in [4.78, 5) is 18.9. The molecule has 0 bridgehead atoms. The van der Waals surface area contributed by atoms with E-state index < -0.39 is 0 Å².